The molecule has 0 saturated heterocycles. The first-order valence-corrected chi connectivity index (χ1v) is 12.9. The summed E-state index contributed by atoms with van der Waals surface area (Å²) >= 11 is 0. The molecule has 0 aromatic carbocycles. The van der Waals surface area contributed by atoms with E-state index in [4.69, 9.17) is 5.73 Å². The Kier molecular flexibility index (Phi) is 14.7. The number of hydrogen-bond acceptors (Lipinski definition) is 7. The second kappa shape index (κ2) is 15.7. The predicted molar refractivity (Wildman–Crippen MR) is 141 cm³/mol. The Morgan fingerprint density at radius 3 is 2.00 bits per heavy atom. The third-order valence-electron chi connectivity index (χ3n) is 6.35. The molecule has 0 radical (unpaired) electrons. The highest BCUT2D eigenvalue weighted by atomic mass is 16.2. The molecule has 0 heterocycles. The molecular formula is C26H49N5O5. The zero-order chi connectivity index (χ0) is 28.2. The van der Waals surface area contributed by atoms with Gasteiger partial charge in [-0.05, 0) is 50.6 Å². The first kappa shape index (κ1) is 33.7. The number of ketones is 1. The molecule has 0 aliphatic heterocycles. The summed E-state index contributed by atoms with van der Waals surface area (Å²) in [6.45, 7) is 11.6. The fraction of sp³-hybridized carbons (Fsp3) is 0.808. The Hall–Kier alpha value is -2.33. The van der Waals surface area contributed by atoms with Gasteiger partial charge in [-0.2, -0.15) is 0 Å². The monoisotopic (exact) mass is 511 g/mol. The van der Waals surface area contributed by atoms with Crippen LogP contribution in [0.3, 0.4) is 0 Å². The fourth-order valence-electron chi connectivity index (χ4n) is 4.24. The lowest BCUT2D eigenvalue weighted by atomic mass is 9.82. The Labute approximate surface area is 217 Å². The van der Waals surface area contributed by atoms with Gasteiger partial charge in [0.05, 0.1) is 6.54 Å². The van der Waals surface area contributed by atoms with Crippen molar-refractivity contribution in [2.24, 2.45) is 23.5 Å². The molecule has 0 aliphatic carbocycles. The number of hydrogen-bond donors (Lipinski definition) is 3. The van der Waals surface area contributed by atoms with Crippen LogP contribution in [-0.4, -0.2) is 91.4 Å². The zero-order valence-corrected chi connectivity index (χ0v) is 23.7. The lowest BCUT2D eigenvalue weighted by molar-refractivity contribution is -0.152. The highest BCUT2D eigenvalue weighted by Gasteiger charge is 2.46. The highest BCUT2D eigenvalue weighted by Crippen LogP contribution is 2.26. The molecule has 0 rings (SSSR count). The first-order chi connectivity index (χ1) is 16.7. The largest absolute Gasteiger partial charge is 0.342 e. The minimum Gasteiger partial charge on any atom is -0.342 e. The zero-order valence-electron chi connectivity index (χ0n) is 23.7. The van der Waals surface area contributed by atoms with Crippen LogP contribution in [0, 0.1) is 17.8 Å². The second-order valence-electron chi connectivity index (χ2n) is 10.8. The van der Waals surface area contributed by atoms with Gasteiger partial charge in [-0.3, -0.25) is 19.2 Å². The summed E-state index contributed by atoms with van der Waals surface area (Å²) in [5, 5.41) is 5.62. The van der Waals surface area contributed by atoms with E-state index >= 15 is 0 Å². The average molecular weight is 512 g/mol. The van der Waals surface area contributed by atoms with E-state index < -0.39 is 29.4 Å². The van der Waals surface area contributed by atoms with Crippen molar-refractivity contribution in [2.45, 2.75) is 84.8 Å². The lowest BCUT2D eigenvalue weighted by Crippen LogP contribution is -2.63. The van der Waals surface area contributed by atoms with Crippen molar-refractivity contribution in [3.8, 4) is 0 Å². The van der Waals surface area contributed by atoms with Gasteiger partial charge < -0.3 is 31.0 Å². The second-order valence-corrected chi connectivity index (χ2v) is 10.8. The van der Waals surface area contributed by atoms with E-state index in [-0.39, 0.29) is 48.8 Å². The smallest absolute Gasteiger partial charge is 0.246 e. The number of rotatable bonds is 17. The summed E-state index contributed by atoms with van der Waals surface area (Å²) in [6.07, 6.45) is 1.61. The molecule has 0 saturated carbocycles. The minimum atomic E-state index is -1.64. The standard InChI is InChI=1S/C26H49N5O5/c1-17(2)13-20(30(8)22(34)15-28-7)24(35)29-23(19(5)6)25(36)31(9)26(16-32,14-18(3)4)21(33)11-10-12-27/h16-20,23,28H,10-15,27H2,1-9H3,(H,29,35)/t20-,23-,26-/m0/s1. The topological polar surface area (TPSA) is 142 Å². The Bertz CT molecular complexity index is 755. The molecule has 4 N–H and O–H groups in total. The predicted octanol–water partition coefficient (Wildman–Crippen LogP) is 0.970. The van der Waals surface area contributed by atoms with Crippen molar-refractivity contribution < 1.29 is 24.0 Å². The van der Waals surface area contributed by atoms with Crippen molar-refractivity contribution in [3.63, 3.8) is 0 Å². The Morgan fingerprint density at radius 1 is 1.00 bits per heavy atom. The number of Topliss-reactive ketones (excluding diaryl/α,β-unsaturated/α-hetero) is 1. The van der Waals surface area contributed by atoms with Crippen molar-refractivity contribution in [1.29, 1.82) is 0 Å². The van der Waals surface area contributed by atoms with Gasteiger partial charge in [-0.15, -0.1) is 0 Å². The van der Waals surface area contributed by atoms with E-state index in [1.54, 1.807) is 27.9 Å². The van der Waals surface area contributed by atoms with Crippen LogP contribution in [0.1, 0.15) is 67.2 Å². The van der Waals surface area contributed by atoms with Crippen LogP contribution in [0.4, 0.5) is 0 Å². The van der Waals surface area contributed by atoms with E-state index in [0.29, 0.717) is 25.7 Å². The summed E-state index contributed by atoms with van der Waals surface area (Å²) in [5.74, 6) is -1.84. The van der Waals surface area contributed by atoms with E-state index in [1.807, 2.05) is 27.7 Å². The SMILES string of the molecule is CNCC(=O)N(C)[C@@H](CC(C)C)C(=O)N[C@H](C(=O)N(C)[C@](C=O)(CC(C)C)C(=O)CCCN)C(C)C. The molecule has 0 aliphatic rings. The number of nitrogens with two attached hydrogens (primary N) is 1. The third kappa shape index (κ3) is 9.28. The number of amides is 3. The van der Waals surface area contributed by atoms with Crippen molar-refractivity contribution in [3.05, 3.63) is 0 Å². The first-order valence-electron chi connectivity index (χ1n) is 12.9. The van der Waals surface area contributed by atoms with Gasteiger partial charge in [0.25, 0.3) is 0 Å². The number of nitrogens with zero attached hydrogens (tertiary/aromatic N) is 2. The van der Waals surface area contributed by atoms with Gasteiger partial charge in [-0.25, -0.2) is 0 Å². The Morgan fingerprint density at radius 2 is 1.58 bits per heavy atom. The fourth-order valence-corrected chi connectivity index (χ4v) is 4.24. The molecule has 0 fully saturated rings. The molecule has 0 aromatic rings. The van der Waals surface area contributed by atoms with E-state index in [9.17, 15) is 24.0 Å². The maximum atomic E-state index is 13.7. The summed E-state index contributed by atoms with van der Waals surface area (Å²) < 4.78 is 0. The molecule has 10 heteroatoms. The summed E-state index contributed by atoms with van der Waals surface area (Å²) in [4.78, 5) is 67.8. The van der Waals surface area contributed by atoms with Crippen LogP contribution >= 0.6 is 0 Å². The summed E-state index contributed by atoms with van der Waals surface area (Å²) in [6, 6.07) is -1.76. The van der Waals surface area contributed by atoms with Crippen LogP contribution in [0.2, 0.25) is 0 Å². The number of aldehydes is 1. The van der Waals surface area contributed by atoms with E-state index in [1.165, 1.54) is 16.8 Å². The van der Waals surface area contributed by atoms with E-state index in [2.05, 4.69) is 10.6 Å². The van der Waals surface area contributed by atoms with Crippen LogP contribution < -0.4 is 16.4 Å². The van der Waals surface area contributed by atoms with Gasteiger partial charge in [0.15, 0.2) is 17.6 Å². The van der Waals surface area contributed by atoms with Gasteiger partial charge >= 0.3 is 0 Å². The molecular weight excluding hydrogens is 462 g/mol. The molecule has 0 aromatic heterocycles. The number of likely N-dealkylation sites (N-methyl/N-ethyl adjacent to an activating group) is 3. The van der Waals surface area contributed by atoms with E-state index in [0.717, 1.165) is 0 Å². The summed E-state index contributed by atoms with van der Waals surface area (Å²) in [7, 11) is 4.66. The maximum Gasteiger partial charge on any atom is 0.246 e. The van der Waals surface area contributed by atoms with Crippen molar-refractivity contribution >= 4 is 29.8 Å². The van der Waals surface area contributed by atoms with Crippen molar-refractivity contribution in [2.75, 3.05) is 34.2 Å². The van der Waals surface area contributed by atoms with Crippen molar-refractivity contribution in [1.82, 2.24) is 20.4 Å². The Balaban J connectivity index is 6.16. The molecule has 0 bridgehead atoms. The lowest BCUT2D eigenvalue weighted by Gasteiger charge is -2.40. The molecule has 208 valence electrons. The van der Waals surface area contributed by atoms with Crippen LogP contribution in [-0.2, 0) is 24.0 Å². The molecule has 3 atom stereocenters. The molecule has 3 amide bonds. The van der Waals surface area contributed by atoms with Gasteiger partial charge in [0.1, 0.15) is 12.1 Å². The third-order valence-corrected chi connectivity index (χ3v) is 6.35. The number of carbonyl (C=O) groups excluding carboxylic acids is 5. The van der Waals surface area contributed by atoms with Gasteiger partial charge in [0.2, 0.25) is 17.7 Å². The molecule has 36 heavy (non-hydrogen) atoms. The maximum absolute atomic E-state index is 13.7. The van der Waals surface area contributed by atoms with Crippen LogP contribution in [0.15, 0.2) is 0 Å². The normalized spacial score (nSPS) is 14.8. The minimum absolute atomic E-state index is 0.0402. The van der Waals surface area contributed by atoms with Crippen LogP contribution in [0.25, 0.3) is 0 Å². The molecule has 0 unspecified atom stereocenters. The van der Waals surface area contributed by atoms with Gasteiger partial charge in [0, 0.05) is 20.5 Å². The van der Waals surface area contributed by atoms with Crippen LogP contribution in [0.5, 0.6) is 0 Å². The highest BCUT2D eigenvalue weighted by molar-refractivity contribution is 6.06. The number of nitrogens with one attached hydrogen (secondary N) is 2. The average Bonchev–Trinajstić information content (AvgIpc) is 2.80. The molecule has 10 nitrogen and oxygen atoms in total. The summed E-state index contributed by atoms with van der Waals surface area (Å²) in [5.41, 5.74) is 3.92. The quantitative estimate of drug-likeness (QED) is 0.195. The van der Waals surface area contributed by atoms with Gasteiger partial charge in [-0.1, -0.05) is 41.5 Å². The molecule has 0 spiro atoms. The number of carbonyl (C=O) groups is 5.